The van der Waals surface area contributed by atoms with Gasteiger partial charge in [-0.05, 0) is 18.2 Å². The van der Waals surface area contributed by atoms with Crippen LogP contribution in [0.3, 0.4) is 0 Å². The first-order chi connectivity index (χ1) is 14.3. The lowest BCUT2D eigenvalue weighted by atomic mass is 10.0. The second-order valence-corrected chi connectivity index (χ2v) is 6.66. The van der Waals surface area contributed by atoms with Gasteiger partial charge >= 0.3 is 6.03 Å². The quantitative estimate of drug-likeness (QED) is 0.683. The molecule has 30 heavy (non-hydrogen) atoms. The van der Waals surface area contributed by atoms with Crippen molar-refractivity contribution in [2.45, 2.75) is 13.1 Å². The highest BCUT2D eigenvalue weighted by atomic mass is 19.1. The van der Waals surface area contributed by atoms with Crippen LogP contribution in [0.4, 0.5) is 23.7 Å². The second kappa shape index (κ2) is 7.21. The molecule has 0 aliphatic carbocycles. The minimum atomic E-state index is -1.03. The Hall–Kier alpha value is -3.82. The van der Waals surface area contributed by atoms with E-state index in [1.54, 1.807) is 0 Å². The number of pyridine rings is 1. The van der Waals surface area contributed by atoms with Crippen molar-refractivity contribution in [1.29, 1.82) is 0 Å². The molecule has 0 fully saturated rings. The third-order valence-corrected chi connectivity index (χ3v) is 4.88. The zero-order valence-electron chi connectivity index (χ0n) is 15.6. The number of carbonyl (C=O) groups excluding carboxylic acids is 2. The summed E-state index contributed by atoms with van der Waals surface area (Å²) in [6.07, 6.45) is 1.49. The van der Waals surface area contributed by atoms with Crippen molar-refractivity contribution < 1.29 is 27.5 Å². The summed E-state index contributed by atoms with van der Waals surface area (Å²) in [6.45, 7) is -0.380. The standard InChI is InChI=1S/C20H15F3N4O3/c1-30-17-5-16-11(4-15(17)23)18-10(6-25-16)7-26-20(29)27(18)8-12-13(21)2-9(19(24)28)3-14(12)22/h2-6H,7-8H2,1H3,(H2,24,28)(H,26,29). The molecule has 0 unspecified atom stereocenters. The minimum absolute atomic E-state index is 0.0270. The minimum Gasteiger partial charge on any atom is -0.494 e. The molecule has 7 nitrogen and oxygen atoms in total. The molecule has 0 spiro atoms. The van der Waals surface area contributed by atoms with Crippen LogP contribution in [-0.4, -0.2) is 24.0 Å². The van der Waals surface area contributed by atoms with Crippen molar-refractivity contribution in [3.8, 4) is 5.75 Å². The molecule has 3 N–H and O–H groups in total. The molecule has 0 saturated heterocycles. The highest BCUT2D eigenvalue weighted by Gasteiger charge is 2.29. The number of nitrogens with zero attached hydrogens (tertiary/aromatic N) is 2. The maximum absolute atomic E-state index is 14.5. The van der Waals surface area contributed by atoms with Crippen LogP contribution >= 0.6 is 0 Å². The first kappa shape index (κ1) is 19.5. The fourth-order valence-corrected chi connectivity index (χ4v) is 3.40. The molecule has 0 bridgehead atoms. The van der Waals surface area contributed by atoms with Gasteiger partial charge in [0, 0.05) is 40.9 Å². The molecule has 3 amide bonds. The van der Waals surface area contributed by atoms with Gasteiger partial charge in [-0.3, -0.25) is 14.7 Å². The van der Waals surface area contributed by atoms with Gasteiger partial charge in [-0.1, -0.05) is 0 Å². The number of hydrogen-bond acceptors (Lipinski definition) is 4. The molecule has 154 valence electrons. The van der Waals surface area contributed by atoms with E-state index in [1.165, 1.54) is 19.4 Å². The lowest BCUT2D eigenvalue weighted by Crippen LogP contribution is -2.44. The first-order valence-corrected chi connectivity index (χ1v) is 8.78. The van der Waals surface area contributed by atoms with Crippen molar-refractivity contribution in [2.75, 3.05) is 12.0 Å². The van der Waals surface area contributed by atoms with Crippen molar-refractivity contribution >= 4 is 28.5 Å². The largest absolute Gasteiger partial charge is 0.494 e. The van der Waals surface area contributed by atoms with Gasteiger partial charge in [-0.2, -0.15) is 0 Å². The van der Waals surface area contributed by atoms with Crippen LogP contribution in [0.5, 0.6) is 5.75 Å². The lowest BCUT2D eigenvalue weighted by Gasteiger charge is -2.31. The van der Waals surface area contributed by atoms with Crippen molar-refractivity contribution in [1.82, 2.24) is 10.3 Å². The molecule has 3 aromatic rings. The van der Waals surface area contributed by atoms with Gasteiger partial charge in [0.25, 0.3) is 0 Å². The number of methoxy groups -OCH3 is 1. The predicted molar refractivity (Wildman–Crippen MR) is 102 cm³/mol. The molecule has 2 aromatic carbocycles. The average Bonchev–Trinajstić information content (AvgIpc) is 2.71. The van der Waals surface area contributed by atoms with Crippen LogP contribution in [0.25, 0.3) is 10.9 Å². The summed E-state index contributed by atoms with van der Waals surface area (Å²) >= 11 is 0. The Kier molecular flexibility index (Phi) is 4.69. The van der Waals surface area contributed by atoms with Crippen LogP contribution in [-0.2, 0) is 13.1 Å². The van der Waals surface area contributed by atoms with Gasteiger partial charge in [0.15, 0.2) is 11.6 Å². The number of nitrogens with one attached hydrogen (secondary N) is 1. The molecule has 1 aromatic heterocycles. The van der Waals surface area contributed by atoms with Crippen LogP contribution in [0.15, 0.2) is 30.5 Å². The number of hydrogen-bond donors (Lipinski definition) is 2. The van der Waals surface area contributed by atoms with Gasteiger partial charge in [0.2, 0.25) is 5.91 Å². The number of nitrogens with two attached hydrogens (primary N) is 1. The highest BCUT2D eigenvalue weighted by Crippen LogP contribution is 2.36. The van der Waals surface area contributed by atoms with Gasteiger partial charge < -0.3 is 15.8 Å². The van der Waals surface area contributed by atoms with Crippen LogP contribution in [0.1, 0.15) is 21.5 Å². The average molecular weight is 416 g/mol. The van der Waals surface area contributed by atoms with E-state index in [4.69, 9.17) is 10.5 Å². The van der Waals surface area contributed by atoms with Gasteiger partial charge in [-0.25, -0.2) is 18.0 Å². The number of halogens is 3. The van der Waals surface area contributed by atoms with Crippen molar-refractivity contribution in [3.63, 3.8) is 0 Å². The fraction of sp³-hybridized carbons (Fsp3) is 0.150. The number of primary amides is 1. The molecule has 0 saturated carbocycles. The van der Waals surface area contributed by atoms with E-state index in [9.17, 15) is 22.8 Å². The van der Waals surface area contributed by atoms with E-state index >= 15 is 0 Å². The normalized spacial score (nSPS) is 13.2. The SMILES string of the molecule is COc1cc2ncc3c(c2cc1F)N(Cc1c(F)cc(C(N)=O)cc1F)C(=O)NC3. The van der Waals surface area contributed by atoms with Gasteiger partial charge in [-0.15, -0.1) is 0 Å². The Balaban J connectivity index is 1.86. The summed E-state index contributed by atoms with van der Waals surface area (Å²) in [7, 11) is 1.31. The summed E-state index contributed by atoms with van der Waals surface area (Å²) in [5.41, 5.74) is 5.46. The number of aromatic nitrogens is 1. The summed E-state index contributed by atoms with van der Waals surface area (Å²) in [5, 5.41) is 2.88. The van der Waals surface area contributed by atoms with E-state index in [0.717, 1.165) is 23.1 Å². The number of urea groups is 1. The fourth-order valence-electron chi connectivity index (χ4n) is 3.40. The van der Waals surface area contributed by atoms with E-state index in [-0.39, 0.29) is 28.9 Å². The third kappa shape index (κ3) is 3.15. The summed E-state index contributed by atoms with van der Waals surface area (Å²) in [4.78, 5) is 29.1. The molecular weight excluding hydrogens is 401 g/mol. The molecule has 10 heteroatoms. The molecule has 1 aliphatic rings. The molecular formula is C20H15F3N4O3. The monoisotopic (exact) mass is 416 g/mol. The predicted octanol–water partition coefficient (Wildman–Crippen LogP) is 2.99. The smallest absolute Gasteiger partial charge is 0.322 e. The Morgan fingerprint density at radius 2 is 1.90 bits per heavy atom. The maximum atomic E-state index is 14.5. The number of amides is 3. The Bertz CT molecular complexity index is 1190. The van der Waals surface area contributed by atoms with Crippen LogP contribution in [0.2, 0.25) is 0 Å². The molecule has 1 aliphatic heterocycles. The zero-order chi connectivity index (χ0) is 21.6. The summed E-state index contributed by atoms with van der Waals surface area (Å²) in [6, 6.07) is 3.52. The maximum Gasteiger partial charge on any atom is 0.322 e. The third-order valence-electron chi connectivity index (χ3n) is 4.88. The second-order valence-electron chi connectivity index (χ2n) is 6.66. The van der Waals surface area contributed by atoms with Gasteiger partial charge in [0.1, 0.15) is 11.6 Å². The van der Waals surface area contributed by atoms with Crippen molar-refractivity contribution in [3.05, 3.63) is 64.6 Å². The van der Waals surface area contributed by atoms with Crippen LogP contribution < -0.4 is 20.7 Å². The zero-order valence-corrected chi connectivity index (χ0v) is 15.6. The van der Waals surface area contributed by atoms with Gasteiger partial charge in [0.05, 0.1) is 24.9 Å². The van der Waals surface area contributed by atoms with Crippen molar-refractivity contribution in [2.24, 2.45) is 5.73 Å². The molecule has 0 radical (unpaired) electrons. The number of anilines is 1. The van der Waals surface area contributed by atoms with E-state index in [0.29, 0.717) is 11.1 Å². The van der Waals surface area contributed by atoms with Crippen LogP contribution in [0, 0.1) is 17.5 Å². The number of carbonyl (C=O) groups is 2. The first-order valence-electron chi connectivity index (χ1n) is 8.78. The molecule has 4 rings (SSSR count). The number of benzene rings is 2. The number of fused-ring (bicyclic) bond motifs is 3. The Morgan fingerprint density at radius 3 is 2.53 bits per heavy atom. The molecule has 0 atom stereocenters. The van der Waals surface area contributed by atoms with E-state index < -0.39 is 41.5 Å². The molecule has 2 heterocycles. The Labute approximate surface area is 168 Å². The Morgan fingerprint density at radius 1 is 1.20 bits per heavy atom. The van der Waals surface area contributed by atoms with E-state index in [1.807, 2.05) is 0 Å². The lowest BCUT2D eigenvalue weighted by molar-refractivity contribution is 0.0999. The van der Waals surface area contributed by atoms with E-state index in [2.05, 4.69) is 10.3 Å². The highest BCUT2D eigenvalue weighted by molar-refractivity contribution is 6.05. The summed E-state index contributed by atoms with van der Waals surface area (Å²) < 4.78 is 48.3. The number of rotatable bonds is 4. The topological polar surface area (TPSA) is 97.5 Å². The number of ether oxygens (including phenoxy) is 1. The summed E-state index contributed by atoms with van der Waals surface area (Å²) in [5.74, 6) is -3.75.